The van der Waals surface area contributed by atoms with Gasteiger partial charge in [-0.1, -0.05) is 34.9 Å². The number of halogens is 2. The molecule has 6 nitrogen and oxygen atoms in total. The average Bonchev–Trinajstić information content (AvgIpc) is 3.02. The molecular weight excluding hydrogens is 451 g/mol. The topological polar surface area (TPSA) is 74.8 Å². The van der Waals surface area contributed by atoms with Gasteiger partial charge in [-0.2, -0.15) is 5.01 Å². The van der Waals surface area contributed by atoms with Gasteiger partial charge in [-0.05, 0) is 68.3 Å². The number of hydrogen-bond donors (Lipinski definition) is 0. The first kappa shape index (κ1) is 22.2. The molecule has 0 aromatic heterocycles. The van der Waals surface area contributed by atoms with Crippen LogP contribution in [0.4, 0.5) is 0 Å². The second-order valence-corrected chi connectivity index (χ2v) is 8.86. The quantitative estimate of drug-likeness (QED) is 0.364. The average molecular weight is 471 g/mol. The predicted octanol–water partition coefficient (Wildman–Crippen LogP) is 4.57. The zero-order chi connectivity index (χ0) is 23.0. The Kier molecular flexibility index (Phi) is 6.17. The fraction of sp³-hybridized carbons (Fsp3) is 0.250. The molecule has 2 aromatic rings. The summed E-state index contributed by atoms with van der Waals surface area (Å²) in [5.41, 5.74) is 1.56. The highest BCUT2D eigenvalue weighted by Gasteiger charge is 2.51. The standard InChI is InChI=1S/C24H20Cl2N2O4/c1-14-2-11-19-20(12-14)24(32)28(23(19)31)27(22(30)16-5-9-18(26)10-6-16)13-21(29)15-3-7-17(25)8-4-15/h2-10,19-20H,11-13H2,1H3/t19-,20+/m1/s1. The Labute approximate surface area is 195 Å². The number of imide groups is 1. The first-order valence-electron chi connectivity index (χ1n) is 10.2. The lowest BCUT2D eigenvalue weighted by atomic mass is 9.82. The first-order valence-corrected chi connectivity index (χ1v) is 10.9. The van der Waals surface area contributed by atoms with Gasteiger partial charge in [-0.15, -0.1) is 0 Å². The number of allylic oxidation sites excluding steroid dienone is 2. The number of hydrazine groups is 1. The van der Waals surface area contributed by atoms with Crippen LogP contribution in [-0.2, 0) is 9.59 Å². The molecule has 0 saturated carbocycles. The normalized spacial score (nSPS) is 20.1. The summed E-state index contributed by atoms with van der Waals surface area (Å²) in [5, 5.41) is 2.73. The number of rotatable bonds is 5. The first-order chi connectivity index (χ1) is 15.3. The summed E-state index contributed by atoms with van der Waals surface area (Å²) in [5.74, 6) is -3.03. The van der Waals surface area contributed by atoms with Crippen LogP contribution in [0.3, 0.4) is 0 Å². The summed E-state index contributed by atoms with van der Waals surface area (Å²) in [7, 11) is 0. The van der Waals surface area contributed by atoms with Gasteiger partial charge in [-0.3, -0.25) is 19.2 Å². The maximum atomic E-state index is 13.4. The van der Waals surface area contributed by atoms with E-state index in [0.29, 0.717) is 28.5 Å². The molecule has 1 fully saturated rings. The van der Waals surface area contributed by atoms with Crippen LogP contribution >= 0.6 is 23.2 Å². The van der Waals surface area contributed by atoms with Crippen LogP contribution in [0.2, 0.25) is 10.0 Å². The lowest BCUT2D eigenvalue weighted by molar-refractivity contribution is -0.154. The van der Waals surface area contributed by atoms with E-state index in [9.17, 15) is 19.2 Å². The zero-order valence-corrected chi connectivity index (χ0v) is 18.8. The van der Waals surface area contributed by atoms with Crippen molar-refractivity contribution < 1.29 is 19.2 Å². The molecular formula is C24H20Cl2N2O4. The van der Waals surface area contributed by atoms with Gasteiger partial charge in [-0.25, -0.2) is 5.01 Å². The molecule has 0 spiro atoms. The molecule has 164 valence electrons. The van der Waals surface area contributed by atoms with Crippen molar-refractivity contribution in [2.75, 3.05) is 6.54 Å². The van der Waals surface area contributed by atoms with Crippen molar-refractivity contribution in [3.05, 3.63) is 81.4 Å². The molecule has 1 heterocycles. The monoisotopic (exact) mass is 470 g/mol. The van der Waals surface area contributed by atoms with Crippen LogP contribution in [0.1, 0.15) is 40.5 Å². The smallest absolute Gasteiger partial charge is 0.273 e. The molecule has 3 amide bonds. The summed E-state index contributed by atoms with van der Waals surface area (Å²) in [6.45, 7) is 1.45. The van der Waals surface area contributed by atoms with Crippen molar-refractivity contribution in [2.45, 2.75) is 19.8 Å². The number of carbonyl (C=O) groups excluding carboxylic acids is 4. The number of ketones is 1. The Morgan fingerprint density at radius 1 is 0.906 bits per heavy atom. The molecule has 2 atom stereocenters. The predicted molar refractivity (Wildman–Crippen MR) is 120 cm³/mol. The molecule has 1 aliphatic carbocycles. The number of hydrogen-bond acceptors (Lipinski definition) is 4. The fourth-order valence-electron chi connectivity index (χ4n) is 4.10. The van der Waals surface area contributed by atoms with E-state index in [4.69, 9.17) is 23.2 Å². The molecule has 0 bridgehead atoms. The van der Waals surface area contributed by atoms with Crippen molar-refractivity contribution in [1.82, 2.24) is 10.0 Å². The van der Waals surface area contributed by atoms with Gasteiger partial charge in [0.1, 0.15) is 6.54 Å². The Morgan fingerprint density at radius 2 is 1.44 bits per heavy atom. The maximum Gasteiger partial charge on any atom is 0.273 e. The second kappa shape index (κ2) is 8.88. The minimum atomic E-state index is -0.631. The summed E-state index contributed by atoms with van der Waals surface area (Å²) in [6, 6.07) is 12.3. The number of nitrogens with zero attached hydrogens (tertiary/aromatic N) is 2. The minimum absolute atomic E-state index is 0.211. The lowest BCUT2D eigenvalue weighted by Gasteiger charge is -2.30. The second-order valence-electron chi connectivity index (χ2n) is 7.99. The third-order valence-electron chi connectivity index (χ3n) is 5.83. The molecule has 4 rings (SSSR count). The van der Waals surface area contributed by atoms with Gasteiger partial charge >= 0.3 is 0 Å². The lowest BCUT2D eigenvalue weighted by Crippen LogP contribution is -2.52. The van der Waals surface area contributed by atoms with Crippen molar-refractivity contribution in [3.63, 3.8) is 0 Å². The van der Waals surface area contributed by atoms with Crippen LogP contribution in [0.15, 0.2) is 60.2 Å². The third-order valence-corrected chi connectivity index (χ3v) is 6.33. The molecule has 2 aliphatic rings. The fourth-order valence-corrected chi connectivity index (χ4v) is 4.35. The summed E-state index contributed by atoms with van der Waals surface area (Å²) in [6.07, 6.45) is 2.84. The Balaban J connectivity index is 1.68. The number of amides is 3. The Hall–Kier alpha value is -2.96. The van der Waals surface area contributed by atoms with Gasteiger partial charge in [0, 0.05) is 21.2 Å². The molecule has 1 aliphatic heterocycles. The molecule has 8 heteroatoms. The molecule has 1 saturated heterocycles. The molecule has 2 aromatic carbocycles. The highest BCUT2D eigenvalue weighted by molar-refractivity contribution is 6.31. The van der Waals surface area contributed by atoms with Crippen LogP contribution in [0.25, 0.3) is 0 Å². The van der Waals surface area contributed by atoms with E-state index in [2.05, 4.69) is 0 Å². The third kappa shape index (κ3) is 4.20. The van der Waals surface area contributed by atoms with Crippen LogP contribution < -0.4 is 0 Å². The number of carbonyl (C=O) groups is 4. The van der Waals surface area contributed by atoms with E-state index in [0.717, 1.165) is 15.6 Å². The zero-order valence-electron chi connectivity index (χ0n) is 17.3. The van der Waals surface area contributed by atoms with Crippen LogP contribution in [-0.4, -0.2) is 40.1 Å². The van der Waals surface area contributed by atoms with Crippen LogP contribution in [0, 0.1) is 11.8 Å². The van der Waals surface area contributed by atoms with Gasteiger partial charge in [0.05, 0.1) is 11.8 Å². The molecule has 32 heavy (non-hydrogen) atoms. The van der Waals surface area contributed by atoms with Crippen molar-refractivity contribution in [3.8, 4) is 0 Å². The highest BCUT2D eigenvalue weighted by Crippen LogP contribution is 2.38. The van der Waals surface area contributed by atoms with Gasteiger partial charge in [0.15, 0.2) is 5.78 Å². The van der Waals surface area contributed by atoms with E-state index >= 15 is 0 Å². The van der Waals surface area contributed by atoms with Crippen molar-refractivity contribution >= 4 is 46.7 Å². The van der Waals surface area contributed by atoms with E-state index < -0.39 is 41.9 Å². The molecule has 0 N–H and O–H groups in total. The molecule has 0 radical (unpaired) electrons. The van der Waals surface area contributed by atoms with E-state index in [-0.39, 0.29) is 5.56 Å². The molecule has 0 unspecified atom stereocenters. The van der Waals surface area contributed by atoms with Crippen LogP contribution in [0.5, 0.6) is 0 Å². The Morgan fingerprint density at radius 3 is 2.03 bits per heavy atom. The Bertz CT molecular complexity index is 1130. The summed E-state index contributed by atoms with van der Waals surface area (Å²) < 4.78 is 0. The minimum Gasteiger partial charge on any atom is -0.292 e. The summed E-state index contributed by atoms with van der Waals surface area (Å²) in [4.78, 5) is 52.8. The largest absolute Gasteiger partial charge is 0.292 e. The van der Waals surface area contributed by atoms with Gasteiger partial charge in [0.2, 0.25) is 0 Å². The van der Waals surface area contributed by atoms with Gasteiger partial charge < -0.3 is 0 Å². The van der Waals surface area contributed by atoms with Crippen molar-refractivity contribution in [2.24, 2.45) is 11.8 Å². The van der Waals surface area contributed by atoms with E-state index in [1.807, 2.05) is 13.0 Å². The number of fused-ring (bicyclic) bond motifs is 1. The van der Waals surface area contributed by atoms with E-state index in [1.165, 1.54) is 36.4 Å². The van der Waals surface area contributed by atoms with Gasteiger partial charge in [0.25, 0.3) is 17.7 Å². The number of Topliss-reactive ketones (excluding diaryl/α,β-unsaturated/α-hetero) is 1. The maximum absolute atomic E-state index is 13.4. The number of benzene rings is 2. The summed E-state index contributed by atoms with van der Waals surface area (Å²) >= 11 is 11.8. The highest BCUT2D eigenvalue weighted by atomic mass is 35.5. The van der Waals surface area contributed by atoms with Crippen molar-refractivity contribution in [1.29, 1.82) is 0 Å². The van der Waals surface area contributed by atoms with E-state index in [1.54, 1.807) is 12.1 Å². The SMILES string of the molecule is CC1=CC[C@H]2C(=O)N(N(CC(=O)c3ccc(Cl)cc3)C(=O)c3ccc(Cl)cc3)C(=O)[C@H]2C1.